The summed E-state index contributed by atoms with van der Waals surface area (Å²) in [5.41, 5.74) is 1.53. The molecular formula is C12H21NO. The SMILES string of the molecule is CCC(CC)(CC)NCc1ccoc1. The van der Waals surface area contributed by atoms with E-state index in [1.54, 1.807) is 12.5 Å². The minimum atomic E-state index is 0.303. The first kappa shape index (κ1) is 11.3. The molecule has 14 heavy (non-hydrogen) atoms. The predicted octanol–water partition coefficient (Wildman–Crippen LogP) is 3.34. The maximum Gasteiger partial charge on any atom is 0.0947 e. The van der Waals surface area contributed by atoms with Crippen molar-refractivity contribution in [3.63, 3.8) is 0 Å². The second kappa shape index (κ2) is 5.20. The van der Waals surface area contributed by atoms with Crippen molar-refractivity contribution in [2.24, 2.45) is 0 Å². The lowest BCUT2D eigenvalue weighted by Gasteiger charge is -2.31. The minimum absolute atomic E-state index is 0.303. The number of hydrogen-bond acceptors (Lipinski definition) is 2. The van der Waals surface area contributed by atoms with Crippen LogP contribution in [-0.4, -0.2) is 5.54 Å². The van der Waals surface area contributed by atoms with Gasteiger partial charge in [-0.1, -0.05) is 20.8 Å². The summed E-state index contributed by atoms with van der Waals surface area (Å²) in [6, 6.07) is 2.01. The third-order valence-electron chi connectivity index (χ3n) is 3.28. The van der Waals surface area contributed by atoms with Gasteiger partial charge in [0, 0.05) is 17.6 Å². The van der Waals surface area contributed by atoms with Crippen molar-refractivity contribution in [3.8, 4) is 0 Å². The molecule has 0 aliphatic carbocycles. The summed E-state index contributed by atoms with van der Waals surface area (Å²) in [4.78, 5) is 0. The summed E-state index contributed by atoms with van der Waals surface area (Å²) in [5, 5.41) is 3.62. The van der Waals surface area contributed by atoms with Crippen LogP contribution < -0.4 is 5.32 Å². The van der Waals surface area contributed by atoms with Gasteiger partial charge >= 0.3 is 0 Å². The van der Waals surface area contributed by atoms with Crippen molar-refractivity contribution in [2.45, 2.75) is 52.1 Å². The van der Waals surface area contributed by atoms with Crippen LogP contribution in [0.3, 0.4) is 0 Å². The highest BCUT2D eigenvalue weighted by atomic mass is 16.3. The third kappa shape index (κ3) is 2.61. The van der Waals surface area contributed by atoms with Crippen LogP contribution in [0.4, 0.5) is 0 Å². The average molecular weight is 195 g/mol. The lowest BCUT2D eigenvalue weighted by molar-refractivity contribution is 0.287. The molecule has 0 aromatic carbocycles. The van der Waals surface area contributed by atoms with Crippen LogP contribution in [-0.2, 0) is 6.54 Å². The van der Waals surface area contributed by atoms with Gasteiger partial charge in [-0.05, 0) is 25.3 Å². The van der Waals surface area contributed by atoms with Crippen molar-refractivity contribution in [2.75, 3.05) is 0 Å². The number of hydrogen-bond donors (Lipinski definition) is 1. The minimum Gasteiger partial charge on any atom is -0.472 e. The van der Waals surface area contributed by atoms with Crippen molar-refractivity contribution in [1.82, 2.24) is 5.32 Å². The standard InChI is InChI=1S/C12H21NO/c1-4-12(5-2,6-3)13-9-11-7-8-14-10-11/h7-8,10,13H,4-6,9H2,1-3H3. The van der Waals surface area contributed by atoms with Gasteiger partial charge in [-0.2, -0.15) is 0 Å². The van der Waals surface area contributed by atoms with E-state index in [2.05, 4.69) is 26.1 Å². The van der Waals surface area contributed by atoms with Crippen LogP contribution >= 0.6 is 0 Å². The monoisotopic (exact) mass is 195 g/mol. The molecule has 0 saturated heterocycles. The molecule has 1 rings (SSSR count). The Kier molecular flexibility index (Phi) is 4.21. The number of rotatable bonds is 6. The Hall–Kier alpha value is -0.760. The first-order valence-corrected chi connectivity index (χ1v) is 5.52. The second-order valence-corrected chi connectivity index (χ2v) is 3.83. The Morgan fingerprint density at radius 2 is 1.86 bits per heavy atom. The van der Waals surface area contributed by atoms with Gasteiger partial charge in [-0.3, -0.25) is 0 Å². The Morgan fingerprint density at radius 3 is 2.29 bits per heavy atom. The number of furan rings is 1. The van der Waals surface area contributed by atoms with Gasteiger partial charge in [-0.25, -0.2) is 0 Å². The molecule has 0 bridgehead atoms. The Bertz CT molecular complexity index is 229. The molecule has 0 aliphatic rings. The van der Waals surface area contributed by atoms with Crippen molar-refractivity contribution in [3.05, 3.63) is 24.2 Å². The Labute approximate surface area is 86.7 Å². The zero-order valence-electron chi connectivity index (χ0n) is 9.47. The fourth-order valence-corrected chi connectivity index (χ4v) is 1.81. The largest absolute Gasteiger partial charge is 0.472 e. The lowest BCUT2D eigenvalue weighted by Crippen LogP contribution is -2.42. The average Bonchev–Trinajstić information content (AvgIpc) is 2.74. The first-order chi connectivity index (χ1) is 6.76. The van der Waals surface area contributed by atoms with E-state index in [4.69, 9.17) is 4.42 Å². The fraction of sp³-hybridized carbons (Fsp3) is 0.667. The normalized spacial score (nSPS) is 11.9. The van der Waals surface area contributed by atoms with Crippen LogP contribution in [0.2, 0.25) is 0 Å². The zero-order valence-corrected chi connectivity index (χ0v) is 9.47. The summed E-state index contributed by atoms with van der Waals surface area (Å²) in [6.45, 7) is 7.64. The van der Waals surface area contributed by atoms with E-state index in [1.807, 2.05) is 6.07 Å². The van der Waals surface area contributed by atoms with Gasteiger partial charge in [-0.15, -0.1) is 0 Å². The van der Waals surface area contributed by atoms with E-state index in [-0.39, 0.29) is 0 Å². The van der Waals surface area contributed by atoms with E-state index in [1.165, 1.54) is 24.8 Å². The molecule has 1 aromatic rings. The maximum atomic E-state index is 5.04. The molecule has 0 aliphatic heterocycles. The zero-order chi connectivity index (χ0) is 10.4. The smallest absolute Gasteiger partial charge is 0.0947 e. The molecule has 0 radical (unpaired) electrons. The van der Waals surface area contributed by atoms with Crippen molar-refractivity contribution < 1.29 is 4.42 Å². The highest BCUT2D eigenvalue weighted by molar-refractivity contribution is 5.05. The van der Waals surface area contributed by atoms with Crippen molar-refractivity contribution in [1.29, 1.82) is 0 Å². The summed E-state index contributed by atoms with van der Waals surface area (Å²) in [7, 11) is 0. The van der Waals surface area contributed by atoms with Crippen molar-refractivity contribution >= 4 is 0 Å². The third-order valence-corrected chi connectivity index (χ3v) is 3.28. The fourth-order valence-electron chi connectivity index (χ4n) is 1.81. The maximum absolute atomic E-state index is 5.04. The van der Waals surface area contributed by atoms with Gasteiger partial charge in [0.15, 0.2) is 0 Å². The molecule has 0 saturated carbocycles. The number of nitrogens with one attached hydrogen (secondary N) is 1. The Balaban J connectivity index is 2.48. The molecule has 0 atom stereocenters. The second-order valence-electron chi connectivity index (χ2n) is 3.83. The van der Waals surface area contributed by atoms with Crippen LogP contribution in [0.15, 0.2) is 23.0 Å². The molecule has 0 unspecified atom stereocenters. The first-order valence-electron chi connectivity index (χ1n) is 5.52. The molecule has 0 fully saturated rings. The molecule has 1 heterocycles. The van der Waals surface area contributed by atoms with Crippen LogP contribution in [0, 0.1) is 0 Å². The Morgan fingerprint density at radius 1 is 1.21 bits per heavy atom. The highest BCUT2D eigenvalue weighted by Gasteiger charge is 2.22. The van der Waals surface area contributed by atoms with Crippen LogP contribution in [0.1, 0.15) is 45.6 Å². The topological polar surface area (TPSA) is 25.2 Å². The van der Waals surface area contributed by atoms with Gasteiger partial charge in [0.05, 0.1) is 12.5 Å². The summed E-state index contributed by atoms with van der Waals surface area (Å²) in [6.07, 6.45) is 7.06. The van der Waals surface area contributed by atoms with Crippen LogP contribution in [0.5, 0.6) is 0 Å². The summed E-state index contributed by atoms with van der Waals surface area (Å²) in [5.74, 6) is 0. The predicted molar refractivity (Wildman–Crippen MR) is 59.2 cm³/mol. The lowest BCUT2D eigenvalue weighted by atomic mass is 9.89. The molecule has 2 nitrogen and oxygen atoms in total. The summed E-state index contributed by atoms with van der Waals surface area (Å²) >= 11 is 0. The van der Waals surface area contributed by atoms with E-state index >= 15 is 0 Å². The molecule has 0 amide bonds. The molecule has 2 heteroatoms. The van der Waals surface area contributed by atoms with Gasteiger partial charge in [0.1, 0.15) is 0 Å². The highest BCUT2D eigenvalue weighted by Crippen LogP contribution is 2.19. The molecule has 0 spiro atoms. The van der Waals surface area contributed by atoms with E-state index < -0.39 is 0 Å². The van der Waals surface area contributed by atoms with Gasteiger partial charge in [0.25, 0.3) is 0 Å². The molecule has 1 N–H and O–H groups in total. The van der Waals surface area contributed by atoms with E-state index in [9.17, 15) is 0 Å². The molecule has 1 aromatic heterocycles. The van der Waals surface area contributed by atoms with Crippen LogP contribution in [0.25, 0.3) is 0 Å². The molecular weight excluding hydrogens is 174 g/mol. The van der Waals surface area contributed by atoms with E-state index in [0.29, 0.717) is 5.54 Å². The van der Waals surface area contributed by atoms with E-state index in [0.717, 1.165) is 6.54 Å². The molecule has 80 valence electrons. The quantitative estimate of drug-likeness (QED) is 0.753. The van der Waals surface area contributed by atoms with Gasteiger partial charge < -0.3 is 9.73 Å². The van der Waals surface area contributed by atoms with Gasteiger partial charge in [0.2, 0.25) is 0 Å². The summed E-state index contributed by atoms with van der Waals surface area (Å²) < 4.78 is 5.04.